The highest BCUT2D eigenvalue weighted by molar-refractivity contribution is 5.85. The minimum atomic E-state index is 0.143. The fourth-order valence-corrected chi connectivity index (χ4v) is 4.26. The van der Waals surface area contributed by atoms with Gasteiger partial charge in [-0.15, -0.1) is 0 Å². The fourth-order valence-electron chi connectivity index (χ4n) is 4.26. The molecule has 1 atom stereocenters. The van der Waals surface area contributed by atoms with Crippen molar-refractivity contribution in [3.63, 3.8) is 0 Å². The molecule has 1 N–H and O–H groups in total. The van der Waals surface area contributed by atoms with Gasteiger partial charge in [0, 0.05) is 25.1 Å². The van der Waals surface area contributed by atoms with Crippen molar-refractivity contribution in [3.8, 4) is 0 Å². The molecule has 0 saturated carbocycles. The van der Waals surface area contributed by atoms with Crippen LogP contribution in [0.5, 0.6) is 0 Å². The first-order valence-electron chi connectivity index (χ1n) is 11.5. The van der Waals surface area contributed by atoms with Crippen molar-refractivity contribution in [2.45, 2.75) is 46.6 Å². The lowest BCUT2D eigenvalue weighted by molar-refractivity contribution is 0.112. The number of aromatic nitrogens is 2. The van der Waals surface area contributed by atoms with Crippen molar-refractivity contribution in [2.75, 3.05) is 7.11 Å². The van der Waals surface area contributed by atoms with E-state index >= 15 is 0 Å². The maximum Gasteiger partial charge on any atom is 0.150 e. The van der Waals surface area contributed by atoms with Crippen molar-refractivity contribution in [1.82, 2.24) is 9.55 Å². The van der Waals surface area contributed by atoms with Crippen LogP contribution in [0.3, 0.4) is 0 Å². The van der Waals surface area contributed by atoms with E-state index in [4.69, 9.17) is 10.1 Å². The third kappa shape index (κ3) is 5.58. The molecule has 4 nitrogen and oxygen atoms in total. The Hall–Kier alpha value is -3.24. The van der Waals surface area contributed by atoms with Crippen molar-refractivity contribution in [3.05, 3.63) is 100 Å². The number of hydrogen-bond donors (Lipinski definition) is 1. The monoisotopic (exact) mass is 442 g/mol. The Balaban J connectivity index is 0.00000149. The number of aldehydes is 1. The number of carbonyl (C=O) groups is 1. The number of aliphatic hydroxyl groups is 1. The van der Waals surface area contributed by atoms with Crippen molar-refractivity contribution in [2.24, 2.45) is 5.92 Å². The normalized spacial score (nSPS) is 11.8. The Morgan fingerprint density at radius 1 is 0.970 bits per heavy atom. The molecule has 172 valence electrons. The summed E-state index contributed by atoms with van der Waals surface area (Å²) >= 11 is 0. The number of fused-ring (bicyclic) bond motifs is 1. The number of carbonyl (C=O) groups excluding carboxylic acids is 1. The van der Waals surface area contributed by atoms with E-state index in [1.165, 1.54) is 22.3 Å². The third-order valence-corrected chi connectivity index (χ3v) is 6.04. The highest BCUT2D eigenvalue weighted by Gasteiger charge is 2.19. The zero-order valence-electron chi connectivity index (χ0n) is 20.2. The number of hydrogen-bond acceptors (Lipinski definition) is 3. The molecule has 0 radical (unpaired) electrons. The third-order valence-electron chi connectivity index (χ3n) is 6.04. The lowest BCUT2D eigenvalue weighted by Crippen LogP contribution is -2.10. The topological polar surface area (TPSA) is 55.1 Å². The molecule has 4 rings (SSSR count). The summed E-state index contributed by atoms with van der Waals surface area (Å²) in [5, 5.41) is 7.00. The van der Waals surface area contributed by atoms with Crippen molar-refractivity contribution in [1.29, 1.82) is 0 Å². The molecule has 1 aromatic heterocycles. The smallest absolute Gasteiger partial charge is 0.150 e. The van der Waals surface area contributed by atoms with E-state index in [0.29, 0.717) is 11.5 Å². The molecule has 4 aromatic rings. The number of aliphatic hydroxyl groups excluding tert-OH is 1. The Morgan fingerprint density at radius 3 is 2.30 bits per heavy atom. The van der Waals surface area contributed by atoms with Crippen LogP contribution in [0.25, 0.3) is 11.0 Å². The second-order valence-corrected chi connectivity index (χ2v) is 8.91. The van der Waals surface area contributed by atoms with Gasteiger partial charge in [-0.1, -0.05) is 69.3 Å². The molecule has 0 aliphatic carbocycles. The summed E-state index contributed by atoms with van der Waals surface area (Å²) in [6, 6.07) is 23.2. The van der Waals surface area contributed by atoms with Gasteiger partial charge in [-0.25, -0.2) is 4.98 Å². The van der Waals surface area contributed by atoms with Gasteiger partial charge in [-0.3, -0.25) is 4.79 Å². The molecule has 0 spiro atoms. The van der Waals surface area contributed by atoms with E-state index in [-0.39, 0.29) is 5.92 Å². The minimum Gasteiger partial charge on any atom is -0.400 e. The first-order chi connectivity index (χ1) is 16.0. The van der Waals surface area contributed by atoms with Gasteiger partial charge in [0.2, 0.25) is 0 Å². The van der Waals surface area contributed by atoms with Gasteiger partial charge in [-0.05, 0) is 59.7 Å². The maximum atomic E-state index is 11.3. The van der Waals surface area contributed by atoms with Gasteiger partial charge >= 0.3 is 0 Å². The number of imidazole rings is 1. The van der Waals surface area contributed by atoms with Gasteiger partial charge in [0.05, 0.1) is 11.0 Å². The summed E-state index contributed by atoms with van der Waals surface area (Å²) in [6.45, 7) is 9.62. The second-order valence-electron chi connectivity index (χ2n) is 8.91. The van der Waals surface area contributed by atoms with Gasteiger partial charge in [0.15, 0.2) is 0 Å². The van der Waals surface area contributed by atoms with Gasteiger partial charge < -0.3 is 9.67 Å². The second kappa shape index (κ2) is 11.1. The van der Waals surface area contributed by atoms with E-state index in [1.807, 2.05) is 18.2 Å². The summed E-state index contributed by atoms with van der Waals surface area (Å²) < 4.78 is 2.30. The number of benzene rings is 3. The molecule has 0 aliphatic rings. The van der Waals surface area contributed by atoms with Crippen molar-refractivity contribution < 1.29 is 9.90 Å². The van der Waals surface area contributed by atoms with Crippen LogP contribution >= 0.6 is 0 Å². The number of rotatable bonds is 7. The zero-order valence-corrected chi connectivity index (χ0v) is 20.2. The molecular formula is C29H34N2O2. The quantitative estimate of drug-likeness (QED) is 0.349. The van der Waals surface area contributed by atoms with Crippen LogP contribution in [0.2, 0.25) is 0 Å². The summed E-state index contributed by atoms with van der Waals surface area (Å²) in [5.74, 6) is 1.82. The van der Waals surface area contributed by atoms with E-state index in [1.54, 1.807) is 0 Å². The molecule has 0 bridgehead atoms. The largest absolute Gasteiger partial charge is 0.400 e. The molecule has 0 saturated heterocycles. The Morgan fingerprint density at radius 2 is 1.67 bits per heavy atom. The van der Waals surface area contributed by atoms with Gasteiger partial charge in [0.25, 0.3) is 0 Å². The van der Waals surface area contributed by atoms with E-state index in [0.717, 1.165) is 43.2 Å². The Bertz CT molecular complexity index is 1210. The highest BCUT2D eigenvalue weighted by atomic mass is 16.2. The molecular weight excluding hydrogens is 408 g/mol. The van der Waals surface area contributed by atoms with Gasteiger partial charge in [0.1, 0.15) is 12.1 Å². The molecule has 0 amide bonds. The lowest BCUT2D eigenvalue weighted by Gasteiger charge is -2.17. The lowest BCUT2D eigenvalue weighted by atomic mass is 9.96. The molecule has 0 fully saturated rings. The molecule has 33 heavy (non-hydrogen) atoms. The molecule has 4 heteroatoms. The average Bonchev–Trinajstić information content (AvgIpc) is 3.19. The predicted octanol–water partition coefficient (Wildman–Crippen LogP) is 6.16. The van der Waals surface area contributed by atoms with Crippen LogP contribution in [0, 0.1) is 12.8 Å². The van der Waals surface area contributed by atoms with Gasteiger partial charge in [-0.2, -0.15) is 0 Å². The first-order valence-corrected chi connectivity index (χ1v) is 11.5. The average molecular weight is 443 g/mol. The zero-order chi connectivity index (χ0) is 24.0. The van der Waals surface area contributed by atoms with E-state index in [9.17, 15) is 4.79 Å². The Kier molecular flexibility index (Phi) is 8.18. The Labute approximate surface area is 196 Å². The minimum absolute atomic E-state index is 0.143. The van der Waals surface area contributed by atoms with Crippen LogP contribution in [-0.2, 0) is 13.0 Å². The standard InChI is InChI=1S/C28H30N2O.CH4O/c1-19(2)15-22-9-12-24(13-10-22)21(4)28-29-26-16-23(18-31)11-14-27(26)30(28)17-25-8-6-5-7-20(25)3;1-2/h5-14,16,18-19,21H,15,17H2,1-4H3;2H,1H3. The highest BCUT2D eigenvalue weighted by Crippen LogP contribution is 2.29. The molecule has 0 aliphatic heterocycles. The van der Waals surface area contributed by atoms with E-state index in [2.05, 4.69) is 80.8 Å². The molecule has 3 aromatic carbocycles. The summed E-state index contributed by atoms with van der Waals surface area (Å²) in [7, 11) is 1.00. The fraction of sp³-hybridized carbons (Fsp3) is 0.310. The van der Waals surface area contributed by atoms with Crippen LogP contribution in [-0.4, -0.2) is 28.1 Å². The maximum absolute atomic E-state index is 11.3. The molecule has 1 unspecified atom stereocenters. The van der Waals surface area contributed by atoms with Crippen LogP contribution < -0.4 is 0 Å². The molecule has 1 heterocycles. The van der Waals surface area contributed by atoms with E-state index < -0.39 is 0 Å². The first kappa shape index (κ1) is 24.4. The number of aryl methyl sites for hydroxylation is 1. The van der Waals surface area contributed by atoms with Crippen LogP contribution in [0.4, 0.5) is 0 Å². The van der Waals surface area contributed by atoms with Crippen LogP contribution in [0.15, 0.2) is 66.7 Å². The summed E-state index contributed by atoms with van der Waals surface area (Å²) in [6.07, 6.45) is 1.98. The van der Waals surface area contributed by atoms with Crippen LogP contribution in [0.1, 0.15) is 65.1 Å². The van der Waals surface area contributed by atoms with Crippen molar-refractivity contribution >= 4 is 17.3 Å². The summed E-state index contributed by atoms with van der Waals surface area (Å²) in [4.78, 5) is 16.3. The number of nitrogens with zero attached hydrogens (tertiary/aromatic N) is 2. The summed E-state index contributed by atoms with van der Waals surface area (Å²) in [5.41, 5.74) is 7.76. The predicted molar refractivity (Wildman–Crippen MR) is 136 cm³/mol. The SMILES string of the molecule is CO.Cc1ccccc1Cn1c(C(C)c2ccc(CC(C)C)cc2)nc2cc(C=O)ccc21.